The van der Waals surface area contributed by atoms with Gasteiger partial charge in [0.25, 0.3) is 0 Å². The molecule has 0 amide bonds. The fourth-order valence-electron chi connectivity index (χ4n) is 1.99. The van der Waals surface area contributed by atoms with Gasteiger partial charge in [-0.05, 0) is 25.9 Å². The van der Waals surface area contributed by atoms with E-state index < -0.39 is 9.84 Å². The monoisotopic (exact) mass is 228 g/mol. The summed E-state index contributed by atoms with van der Waals surface area (Å²) < 4.78 is 22.2. The van der Waals surface area contributed by atoms with Crippen LogP contribution < -0.4 is 0 Å². The topological polar surface area (TPSA) is 49.7 Å². The van der Waals surface area contributed by atoms with Crippen LogP contribution in [-0.2, 0) is 9.84 Å². The molecule has 2 rings (SSSR count). The van der Waals surface area contributed by atoms with E-state index in [-0.39, 0.29) is 0 Å². The van der Waals surface area contributed by atoms with E-state index in [0.717, 1.165) is 18.6 Å². The quantitative estimate of drug-likeness (QED) is 0.712. The molecule has 0 aromatic heterocycles. The van der Waals surface area contributed by atoms with E-state index in [1.165, 1.54) is 31.1 Å². The van der Waals surface area contributed by atoms with Gasteiger partial charge in [-0.15, -0.1) is 0 Å². The van der Waals surface area contributed by atoms with Crippen LogP contribution in [0, 0.1) is 0 Å². The molecule has 0 atom stereocenters. The van der Waals surface area contributed by atoms with Crippen molar-refractivity contribution in [1.82, 2.24) is 4.90 Å². The van der Waals surface area contributed by atoms with E-state index in [0.29, 0.717) is 12.2 Å². The maximum Gasteiger partial charge on any atom is 0.211 e. The van der Waals surface area contributed by atoms with Crippen molar-refractivity contribution >= 4 is 15.4 Å². The predicted molar refractivity (Wildman–Crippen MR) is 60.4 cm³/mol. The van der Waals surface area contributed by atoms with Gasteiger partial charge < -0.3 is 0 Å². The molecule has 15 heavy (non-hydrogen) atoms. The highest BCUT2D eigenvalue weighted by Gasteiger charge is 2.16. The zero-order valence-corrected chi connectivity index (χ0v) is 9.54. The lowest BCUT2D eigenvalue weighted by Crippen LogP contribution is -2.26. The van der Waals surface area contributed by atoms with E-state index >= 15 is 0 Å². The Morgan fingerprint density at radius 1 is 1.20 bits per heavy atom. The Balaban J connectivity index is 1.95. The van der Waals surface area contributed by atoms with Crippen molar-refractivity contribution < 1.29 is 8.42 Å². The van der Waals surface area contributed by atoms with Gasteiger partial charge in [-0.3, -0.25) is 4.90 Å². The molecule has 0 aliphatic carbocycles. The van der Waals surface area contributed by atoms with Crippen LogP contribution >= 0.6 is 0 Å². The zero-order chi connectivity index (χ0) is 10.7. The smallest absolute Gasteiger partial charge is 0.211 e. The molecule has 0 radical (unpaired) electrons. The first kappa shape index (κ1) is 10.8. The number of sulfone groups is 1. The third kappa shape index (κ3) is 3.14. The highest BCUT2D eigenvalue weighted by atomic mass is 32.2. The number of aliphatic imine (C=N–C) groups is 1. The van der Waals surface area contributed by atoms with Gasteiger partial charge in [-0.2, -0.15) is 0 Å². The van der Waals surface area contributed by atoms with Gasteiger partial charge in [0.05, 0.1) is 11.1 Å². The van der Waals surface area contributed by atoms with Gasteiger partial charge in [-0.1, -0.05) is 12.8 Å². The lowest BCUT2D eigenvalue weighted by Gasteiger charge is -2.18. The van der Waals surface area contributed by atoms with Crippen molar-refractivity contribution in [3.8, 4) is 0 Å². The van der Waals surface area contributed by atoms with E-state index in [2.05, 4.69) is 9.89 Å². The number of hydrogen-bond acceptors (Lipinski definition) is 4. The van der Waals surface area contributed by atoms with Crippen molar-refractivity contribution in [3.63, 3.8) is 0 Å². The van der Waals surface area contributed by atoms with Gasteiger partial charge >= 0.3 is 0 Å². The predicted octanol–water partition coefficient (Wildman–Crippen LogP) is 1.16. The minimum atomic E-state index is -3.14. The molecule has 0 bridgehead atoms. The highest BCUT2D eigenvalue weighted by Crippen LogP contribution is 2.14. The molecule has 0 saturated carbocycles. The molecule has 0 N–H and O–H groups in total. The highest BCUT2D eigenvalue weighted by molar-refractivity contribution is 8.07. The van der Waals surface area contributed by atoms with Crippen molar-refractivity contribution in [1.29, 1.82) is 0 Å². The molecule has 0 aromatic carbocycles. The Morgan fingerprint density at radius 3 is 2.40 bits per heavy atom. The number of rotatable bonds is 2. The van der Waals surface area contributed by atoms with Crippen LogP contribution in [-0.4, -0.2) is 38.5 Å². The molecular weight excluding hydrogens is 212 g/mol. The summed E-state index contributed by atoms with van der Waals surface area (Å²) in [5.74, 6) is 0. The molecule has 0 unspecified atom stereocenters. The molecule has 84 valence electrons. The van der Waals surface area contributed by atoms with Gasteiger partial charge in [0.2, 0.25) is 9.84 Å². The van der Waals surface area contributed by atoms with Crippen LogP contribution in [0.3, 0.4) is 0 Å². The van der Waals surface area contributed by atoms with Crippen LogP contribution in [0.15, 0.2) is 16.1 Å². The normalized spacial score (nSPS) is 26.3. The average molecular weight is 228 g/mol. The summed E-state index contributed by atoms with van der Waals surface area (Å²) in [6.45, 7) is 2.80. The van der Waals surface area contributed by atoms with Gasteiger partial charge in [-0.25, -0.2) is 13.4 Å². The van der Waals surface area contributed by atoms with E-state index in [9.17, 15) is 8.42 Å². The molecule has 4 nitrogen and oxygen atoms in total. The first-order valence-corrected chi connectivity index (χ1v) is 6.99. The molecular formula is C10H16N2O2S. The van der Waals surface area contributed by atoms with Crippen molar-refractivity contribution in [2.45, 2.75) is 25.7 Å². The van der Waals surface area contributed by atoms with Gasteiger partial charge in [0.15, 0.2) is 0 Å². The molecule has 2 heterocycles. The summed E-state index contributed by atoms with van der Waals surface area (Å²) >= 11 is 0. The summed E-state index contributed by atoms with van der Waals surface area (Å²) in [6.07, 6.45) is 5.00. The summed E-state index contributed by atoms with van der Waals surface area (Å²) in [4.78, 5) is 6.21. The minimum absolute atomic E-state index is 0.676. The number of likely N-dealkylation sites (tertiary alicyclic amines) is 1. The second kappa shape index (κ2) is 4.45. The third-order valence-corrected chi connectivity index (χ3v) is 3.75. The molecule has 1 fully saturated rings. The first-order chi connectivity index (χ1) is 7.16. The first-order valence-electron chi connectivity index (χ1n) is 5.38. The molecule has 1 saturated heterocycles. The van der Waals surface area contributed by atoms with Crippen molar-refractivity contribution in [3.05, 3.63) is 11.1 Å². The SMILES string of the molecule is O=S1(=O)C=NC(CN2CCCCCC2)=C1. The molecule has 0 spiro atoms. The van der Waals surface area contributed by atoms with Crippen LogP contribution in [0.5, 0.6) is 0 Å². The average Bonchev–Trinajstić information content (AvgIpc) is 2.41. The Morgan fingerprint density at radius 2 is 1.87 bits per heavy atom. The molecule has 0 aromatic rings. The fraction of sp³-hybridized carbons (Fsp3) is 0.700. The van der Waals surface area contributed by atoms with E-state index in [4.69, 9.17) is 0 Å². The largest absolute Gasteiger partial charge is 0.297 e. The van der Waals surface area contributed by atoms with E-state index in [1.54, 1.807) is 0 Å². The standard InChI is InChI=1S/C10H16N2O2S/c13-15(14)8-10(11-9-15)7-12-5-3-1-2-4-6-12/h8-9H,1-7H2. The third-order valence-electron chi connectivity index (χ3n) is 2.75. The molecule has 2 aliphatic heterocycles. The maximum absolute atomic E-state index is 11.1. The summed E-state index contributed by atoms with van der Waals surface area (Å²) in [7, 11) is -3.14. The Hall–Kier alpha value is -0.680. The van der Waals surface area contributed by atoms with Crippen LogP contribution in [0.1, 0.15) is 25.7 Å². The van der Waals surface area contributed by atoms with Crippen LogP contribution in [0.25, 0.3) is 0 Å². The lowest BCUT2D eigenvalue weighted by molar-refractivity contribution is 0.308. The maximum atomic E-state index is 11.1. The molecule has 5 heteroatoms. The van der Waals surface area contributed by atoms with Gasteiger partial charge in [0, 0.05) is 6.54 Å². The second-order valence-electron chi connectivity index (χ2n) is 4.12. The van der Waals surface area contributed by atoms with Crippen LogP contribution in [0.4, 0.5) is 0 Å². The number of hydrogen-bond donors (Lipinski definition) is 0. The Bertz CT molecular complexity index is 376. The fourth-order valence-corrected chi connectivity index (χ4v) is 2.85. The van der Waals surface area contributed by atoms with Crippen molar-refractivity contribution in [2.24, 2.45) is 4.99 Å². The Kier molecular flexibility index (Phi) is 3.21. The van der Waals surface area contributed by atoms with Crippen molar-refractivity contribution in [2.75, 3.05) is 19.6 Å². The number of nitrogens with zero attached hydrogens (tertiary/aromatic N) is 2. The van der Waals surface area contributed by atoms with Gasteiger partial charge in [0.1, 0.15) is 5.55 Å². The molecule has 2 aliphatic rings. The lowest BCUT2D eigenvalue weighted by atomic mass is 10.2. The summed E-state index contributed by atoms with van der Waals surface area (Å²) in [5.41, 5.74) is 1.72. The second-order valence-corrected chi connectivity index (χ2v) is 5.75. The summed E-state index contributed by atoms with van der Waals surface area (Å²) in [5, 5.41) is 1.28. The van der Waals surface area contributed by atoms with E-state index in [1.807, 2.05) is 0 Å². The zero-order valence-electron chi connectivity index (χ0n) is 8.72. The Labute approximate surface area is 90.6 Å². The summed E-state index contributed by atoms with van der Waals surface area (Å²) in [6, 6.07) is 0. The minimum Gasteiger partial charge on any atom is -0.297 e. The van der Waals surface area contributed by atoms with Crippen LogP contribution in [0.2, 0.25) is 0 Å².